The van der Waals surface area contributed by atoms with E-state index in [4.69, 9.17) is 27.9 Å². The number of ether oxygens (including phenoxy) is 2. The van der Waals surface area contributed by atoms with Crippen molar-refractivity contribution >= 4 is 35.1 Å². The van der Waals surface area contributed by atoms with Gasteiger partial charge in [-0.3, -0.25) is 5.32 Å². The van der Waals surface area contributed by atoms with Gasteiger partial charge >= 0.3 is 18.1 Å². The molecule has 2 aliphatic heterocycles. The summed E-state index contributed by atoms with van der Waals surface area (Å²) in [5.41, 5.74) is -2.57. The second kappa shape index (κ2) is 11.9. The van der Waals surface area contributed by atoms with Crippen molar-refractivity contribution in [3.63, 3.8) is 0 Å². The van der Waals surface area contributed by atoms with Gasteiger partial charge in [-0.2, -0.15) is 18.4 Å². The normalized spacial score (nSPS) is 24.6. The zero-order chi connectivity index (χ0) is 31.0. The molecule has 0 amide bonds. The molecular weight excluding hydrogens is 606 g/mol. The summed E-state index contributed by atoms with van der Waals surface area (Å²) in [5, 5.41) is 13.3. The fourth-order valence-corrected chi connectivity index (χ4v) is 6.26. The van der Waals surface area contributed by atoms with Crippen molar-refractivity contribution in [3.8, 4) is 6.07 Å². The van der Waals surface area contributed by atoms with E-state index < -0.39 is 63.6 Å². The molecule has 0 spiro atoms. The van der Waals surface area contributed by atoms with E-state index in [0.29, 0.717) is 19.6 Å². The van der Waals surface area contributed by atoms with Gasteiger partial charge in [0.1, 0.15) is 23.1 Å². The highest BCUT2D eigenvalue weighted by molar-refractivity contribution is 6.31. The SMILES string of the molecule is CC(C)(C[C@@H]1N[C@@H](C(=O)OC(=O)C(F)(F)F)[C@H](c2cccc(Cl)c2F)[C@@]1(C#N)c1ccc(Cl)cc1F)C1=CCOCC1. The van der Waals surface area contributed by atoms with Gasteiger partial charge in [-0.1, -0.05) is 66.9 Å². The van der Waals surface area contributed by atoms with Crippen LogP contribution in [0.2, 0.25) is 10.0 Å². The molecule has 2 heterocycles. The molecule has 0 unspecified atom stereocenters. The number of esters is 2. The highest BCUT2D eigenvalue weighted by Crippen LogP contribution is 2.54. The van der Waals surface area contributed by atoms with Crippen LogP contribution >= 0.6 is 23.2 Å². The number of nitriles is 1. The zero-order valence-electron chi connectivity index (χ0n) is 22.3. The van der Waals surface area contributed by atoms with E-state index in [2.05, 4.69) is 16.1 Å². The molecule has 6 nitrogen and oxygen atoms in total. The van der Waals surface area contributed by atoms with Crippen molar-refractivity contribution in [1.29, 1.82) is 5.26 Å². The van der Waals surface area contributed by atoms with Gasteiger partial charge in [-0.25, -0.2) is 18.4 Å². The average molecular weight is 631 g/mol. The molecule has 0 bridgehead atoms. The first kappa shape index (κ1) is 31.9. The predicted octanol–water partition coefficient (Wildman–Crippen LogP) is 6.55. The van der Waals surface area contributed by atoms with Crippen LogP contribution in [0.3, 0.4) is 0 Å². The molecule has 0 saturated carbocycles. The Balaban J connectivity index is 1.97. The molecule has 224 valence electrons. The van der Waals surface area contributed by atoms with Crippen molar-refractivity contribution < 1.29 is 41.0 Å². The average Bonchev–Trinajstić information content (AvgIpc) is 3.24. The molecule has 1 fully saturated rings. The fourth-order valence-electron chi connectivity index (χ4n) is 5.92. The third-order valence-corrected chi connectivity index (χ3v) is 8.39. The molecule has 42 heavy (non-hydrogen) atoms. The van der Waals surface area contributed by atoms with Gasteiger partial charge in [-0.05, 0) is 42.0 Å². The van der Waals surface area contributed by atoms with Crippen molar-refractivity contribution in [2.24, 2.45) is 5.41 Å². The van der Waals surface area contributed by atoms with Crippen molar-refractivity contribution in [2.45, 2.75) is 56.3 Å². The molecule has 1 saturated heterocycles. The van der Waals surface area contributed by atoms with Crippen LogP contribution < -0.4 is 5.32 Å². The number of alkyl halides is 3. The maximum Gasteiger partial charge on any atom is 0.491 e. The van der Waals surface area contributed by atoms with Gasteiger partial charge in [0.05, 0.1) is 24.3 Å². The number of hydrogen-bond acceptors (Lipinski definition) is 6. The molecule has 0 radical (unpaired) electrons. The first-order valence-corrected chi connectivity index (χ1v) is 13.6. The van der Waals surface area contributed by atoms with Crippen LogP contribution in [-0.2, 0) is 24.5 Å². The van der Waals surface area contributed by atoms with Crippen molar-refractivity contribution in [3.05, 3.63) is 80.9 Å². The number of nitrogens with one attached hydrogen (secondary N) is 1. The number of halogens is 7. The lowest BCUT2D eigenvalue weighted by atomic mass is 9.61. The van der Waals surface area contributed by atoms with Crippen LogP contribution in [0.1, 0.15) is 43.7 Å². The maximum absolute atomic E-state index is 15.7. The molecule has 13 heteroatoms. The van der Waals surface area contributed by atoms with E-state index in [1.807, 2.05) is 19.9 Å². The van der Waals surface area contributed by atoms with Gasteiger partial charge in [0.25, 0.3) is 0 Å². The van der Waals surface area contributed by atoms with Crippen molar-refractivity contribution in [2.75, 3.05) is 13.2 Å². The summed E-state index contributed by atoms with van der Waals surface area (Å²) >= 11 is 12.0. The Morgan fingerprint density at radius 3 is 2.50 bits per heavy atom. The monoisotopic (exact) mass is 630 g/mol. The van der Waals surface area contributed by atoms with Gasteiger partial charge < -0.3 is 9.47 Å². The summed E-state index contributed by atoms with van der Waals surface area (Å²) in [5.74, 6) is -8.26. The summed E-state index contributed by atoms with van der Waals surface area (Å²) in [6.45, 7) is 4.45. The first-order valence-electron chi connectivity index (χ1n) is 12.8. The maximum atomic E-state index is 15.7. The summed E-state index contributed by atoms with van der Waals surface area (Å²) in [6, 6.07) is 6.13. The van der Waals surface area contributed by atoms with Gasteiger partial charge in [0.15, 0.2) is 0 Å². The molecular formula is C29H25Cl2F5N2O4. The second-order valence-corrected chi connectivity index (χ2v) is 11.6. The van der Waals surface area contributed by atoms with Crippen LogP contribution in [0.25, 0.3) is 0 Å². The number of hydrogen-bond donors (Lipinski definition) is 1. The van der Waals surface area contributed by atoms with Crippen LogP contribution in [0.4, 0.5) is 22.0 Å². The van der Waals surface area contributed by atoms with E-state index >= 15 is 8.78 Å². The number of carbonyl (C=O) groups is 2. The largest absolute Gasteiger partial charge is 0.491 e. The Labute approximate surface area is 248 Å². The summed E-state index contributed by atoms with van der Waals surface area (Å²) in [7, 11) is 0. The van der Waals surface area contributed by atoms with E-state index in [-0.39, 0.29) is 22.6 Å². The minimum absolute atomic E-state index is 0.0169. The molecule has 2 aliphatic rings. The van der Waals surface area contributed by atoms with E-state index in [1.165, 1.54) is 30.3 Å². The lowest BCUT2D eigenvalue weighted by Gasteiger charge is -2.39. The minimum Gasteiger partial charge on any atom is -0.385 e. The highest BCUT2D eigenvalue weighted by atomic mass is 35.5. The topological polar surface area (TPSA) is 88.4 Å². The Morgan fingerprint density at radius 2 is 1.90 bits per heavy atom. The Kier molecular flexibility index (Phi) is 9.05. The third kappa shape index (κ3) is 5.91. The predicted molar refractivity (Wildman–Crippen MR) is 143 cm³/mol. The van der Waals surface area contributed by atoms with Crippen molar-refractivity contribution in [1.82, 2.24) is 5.32 Å². The van der Waals surface area contributed by atoms with Crippen LogP contribution in [0.15, 0.2) is 48.0 Å². The molecule has 4 rings (SSSR count). The van der Waals surface area contributed by atoms with Crippen LogP contribution in [0.5, 0.6) is 0 Å². The number of carbonyl (C=O) groups excluding carboxylic acids is 2. The number of rotatable bonds is 6. The molecule has 2 aromatic rings. The van der Waals surface area contributed by atoms with Gasteiger partial charge in [-0.15, -0.1) is 0 Å². The first-order chi connectivity index (χ1) is 19.6. The highest BCUT2D eigenvalue weighted by Gasteiger charge is 2.62. The molecule has 1 N–H and O–H groups in total. The lowest BCUT2D eigenvalue weighted by molar-refractivity contribution is -0.202. The summed E-state index contributed by atoms with van der Waals surface area (Å²) < 4.78 is 80.1. The molecule has 2 aromatic carbocycles. The third-order valence-electron chi connectivity index (χ3n) is 7.86. The van der Waals surface area contributed by atoms with E-state index in [1.54, 1.807) is 0 Å². The van der Waals surface area contributed by atoms with E-state index in [9.17, 15) is 28.0 Å². The number of benzene rings is 2. The van der Waals surface area contributed by atoms with E-state index in [0.717, 1.165) is 11.6 Å². The number of nitrogens with zero attached hydrogens (tertiary/aromatic N) is 1. The Hall–Kier alpha value is -3.04. The van der Waals surface area contributed by atoms with Crippen LogP contribution in [0, 0.1) is 28.4 Å². The molecule has 4 atom stereocenters. The summed E-state index contributed by atoms with van der Waals surface area (Å²) in [6.07, 6.45) is -3.09. The Morgan fingerprint density at radius 1 is 1.19 bits per heavy atom. The fraction of sp³-hybridized carbons (Fsp3) is 0.414. The quantitative estimate of drug-likeness (QED) is 0.168. The lowest BCUT2D eigenvalue weighted by Crippen LogP contribution is -2.45. The van der Waals surface area contributed by atoms with Crippen LogP contribution in [-0.4, -0.2) is 43.4 Å². The molecule has 0 aliphatic carbocycles. The molecule has 0 aromatic heterocycles. The van der Waals surface area contributed by atoms with Gasteiger partial charge in [0, 0.05) is 22.5 Å². The standard InChI is InChI=1S/C29H25Cl2F5N2O4/c1-27(2,15-8-10-41-11-9-15)13-21-28(14-37,18-7-6-16(30)12-20(18)32)22(17-4-3-5-19(31)23(17)33)24(38-21)25(39)42-26(40)29(34,35)36/h3-8,12,21-22,24,38H,9-11,13H2,1-2H3/t21-,22-,24+,28-/m0/s1. The second-order valence-electron chi connectivity index (χ2n) is 10.8. The smallest absolute Gasteiger partial charge is 0.385 e. The minimum atomic E-state index is -5.52. The summed E-state index contributed by atoms with van der Waals surface area (Å²) in [4.78, 5) is 24.9. The zero-order valence-corrected chi connectivity index (χ0v) is 23.8. The van der Waals surface area contributed by atoms with Gasteiger partial charge in [0.2, 0.25) is 0 Å². The Bertz CT molecular complexity index is 1470.